The van der Waals surface area contributed by atoms with E-state index in [4.69, 9.17) is 0 Å². The minimum atomic E-state index is 0. The van der Waals surface area contributed by atoms with Gasteiger partial charge in [-0.1, -0.05) is 30.3 Å². The van der Waals surface area contributed by atoms with Gasteiger partial charge in [0.05, 0.1) is 38.9 Å². The van der Waals surface area contributed by atoms with Gasteiger partial charge in [-0.25, -0.2) is 0 Å². The fourth-order valence-corrected chi connectivity index (χ4v) is 3.99. The monoisotopic (exact) mass is 410 g/mol. The topological polar surface area (TPSA) is 27.6 Å². The van der Waals surface area contributed by atoms with E-state index in [-0.39, 0.29) is 30.1 Å². The Morgan fingerprint density at radius 3 is 2.55 bits per heavy atom. The molecule has 2 saturated heterocycles. The highest BCUT2D eigenvalue weighted by atomic mass is 127. The zero-order valence-electron chi connectivity index (χ0n) is 13.1. The quantitative estimate of drug-likeness (QED) is 0.471. The molecule has 4 nitrogen and oxygen atoms in total. The van der Waals surface area contributed by atoms with Crippen LogP contribution in [0.25, 0.3) is 0 Å². The smallest absolute Gasteiger partial charge is 0.116 e. The molecule has 22 heavy (non-hydrogen) atoms. The molecule has 0 amide bonds. The van der Waals surface area contributed by atoms with Gasteiger partial charge in [-0.2, -0.15) is 5.10 Å². The van der Waals surface area contributed by atoms with E-state index in [2.05, 4.69) is 65.9 Å². The first kappa shape index (κ1) is 16.0. The second kappa shape index (κ2) is 5.94. The molecule has 0 radical (unpaired) electrons. The number of rotatable bonds is 2. The van der Waals surface area contributed by atoms with Crippen LogP contribution < -0.4 is 29.4 Å². The van der Waals surface area contributed by atoms with Gasteiger partial charge in [0, 0.05) is 12.0 Å². The summed E-state index contributed by atoms with van der Waals surface area (Å²) in [6.45, 7) is 2.43. The summed E-state index contributed by atoms with van der Waals surface area (Å²) < 4.78 is 1.18. The van der Waals surface area contributed by atoms with Crippen LogP contribution in [0.2, 0.25) is 0 Å². The average molecular weight is 410 g/mol. The van der Waals surface area contributed by atoms with Crippen molar-refractivity contribution in [1.82, 2.24) is 10.3 Å². The third-order valence-electron chi connectivity index (χ3n) is 5.29. The first-order valence-electron chi connectivity index (χ1n) is 7.79. The number of hydrogen-bond donors (Lipinski definition) is 1. The van der Waals surface area contributed by atoms with E-state index in [1.807, 2.05) is 6.07 Å². The van der Waals surface area contributed by atoms with E-state index < -0.39 is 0 Å². The second-order valence-corrected chi connectivity index (χ2v) is 7.00. The molecular weight excluding hydrogens is 387 g/mol. The number of hydrogen-bond acceptors (Lipinski definition) is 3. The molecule has 0 saturated carbocycles. The maximum absolute atomic E-state index is 4.58. The molecule has 3 atom stereocenters. The number of halogens is 1. The minimum absolute atomic E-state index is 0. The molecule has 2 bridgehead atoms. The second-order valence-electron chi connectivity index (χ2n) is 7.00. The van der Waals surface area contributed by atoms with Gasteiger partial charge in [0.1, 0.15) is 12.2 Å². The van der Waals surface area contributed by atoms with Crippen molar-refractivity contribution in [3.63, 3.8) is 0 Å². The normalized spacial score (nSPS) is 32.3. The zero-order chi connectivity index (χ0) is 14.4. The highest BCUT2D eigenvalue weighted by Gasteiger charge is 2.52. The van der Waals surface area contributed by atoms with E-state index in [1.165, 1.54) is 29.6 Å². The summed E-state index contributed by atoms with van der Waals surface area (Å²) in [5.41, 5.74) is 5.53. The van der Waals surface area contributed by atoms with Crippen LogP contribution in [0.1, 0.15) is 12.0 Å². The number of quaternary nitrogens is 1. The molecule has 3 aliphatic heterocycles. The van der Waals surface area contributed by atoms with Crippen molar-refractivity contribution in [2.45, 2.75) is 24.7 Å². The van der Waals surface area contributed by atoms with Crippen LogP contribution in [-0.2, 0) is 0 Å². The summed E-state index contributed by atoms with van der Waals surface area (Å²) in [5, 5.41) is 4.58. The highest BCUT2D eigenvalue weighted by molar-refractivity contribution is 6.08. The molecule has 118 valence electrons. The van der Waals surface area contributed by atoms with Gasteiger partial charge in [-0.3, -0.25) is 10.3 Å². The van der Waals surface area contributed by atoms with E-state index in [1.54, 1.807) is 0 Å². The molecule has 1 unspecified atom stereocenters. The van der Waals surface area contributed by atoms with Gasteiger partial charge in [0.2, 0.25) is 0 Å². The minimum Gasteiger partial charge on any atom is -1.00 e. The summed E-state index contributed by atoms with van der Waals surface area (Å²) in [5.74, 6) is 0. The van der Waals surface area contributed by atoms with Gasteiger partial charge in [-0.15, -0.1) is 0 Å². The predicted molar refractivity (Wildman–Crippen MR) is 84.9 cm³/mol. The van der Waals surface area contributed by atoms with Crippen molar-refractivity contribution in [1.29, 1.82) is 0 Å². The van der Waals surface area contributed by atoms with Crippen LogP contribution in [-0.4, -0.2) is 60.5 Å². The Morgan fingerprint density at radius 2 is 2.00 bits per heavy atom. The van der Waals surface area contributed by atoms with Crippen molar-refractivity contribution >= 4 is 5.71 Å². The van der Waals surface area contributed by atoms with Gasteiger partial charge in [0.25, 0.3) is 0 Å². The molecule has 4 rings (SSSR count). The zero-order valence-corrected chi connectivity index (χ0v) is 15.3. The van der Waals surface area contributed by atoms with E-state index in [0.29, 0.717) is 6.04 Å². The third kappa shape index (κ3) is 2.70. The lowest BCUT2D eigenvalue weighted by Gasteiger charge is -2.41. The number of nitrogens with one attached hydrogen (secondary N) is 1. The number of nitrogens with zero attached hydrogens (tertiary/aromatic N) is 3. The van der Waals surface area contributed by atoms with Crippen molar-refractivity contribution in [3.8, 4) is 0 Å². The number of fused-ring (bicyclic) bond motifs is 2. The van der Waals surface area contributed by atoms with Crippen molar-refractivity contribution in [2.75, 3.05) is 27.2 Å². The van der Waals surface area contributed by atoms with Gasteiger partial charge >= 0.3 is 0 Å². The van der Waals surface area contributed by atoms with E-state index >= 15 is 0 Å². The highest BCUT2D eigenvalue weighted by Crippen LogP contribution is 2.35. The molecule has 1 aromatic carbocycles. The molecule has 2 fully saturated rings. The third-order valence-corrected chi connectivity index (χ3v) is 5.29. The molecule has 3 aliphatic rings. The largest absolute Gasteiger partial charge is 1.00 e. The summed E-state index contributed by atoms with van der Waals surface area (Å²) in [7, 11) is 4.72. The molecule has 0 aromatic heterocycles. The summed E-state index contributed by atoms with van der Waals surface area (Å²) in [6, 6.07) is 11.8. The van der Waals surface area contributed by atoms with Gasteiger partial charge in [0.15, 0.2) is 0 Å². The fraction of sp³-hybridized carbons (Fsp3) is 0.471. The molecular formula is C17H23IN4. The summed E-state index contributed by atoms with van der Waals surface area (Å²) in [4.78, 5) is 2.58. The molecule has 5 heteroatoms. The van der Waals surface area contributed by atoms with Crippen LogP contribution in [0.4, 0.5) is 0 Å². The molecule has 3 heterocycles. The van der Waals surface area contributed by atoms with E-state index in [0.717, 1.165) is 11.8 Å². The Balaban J connectivity index is 0.00000144. The van der Waals surface area contributed by atoms with Crippen molar-refractivity contribution in [3.05, 3.63) is 48.0 Å². The molecule has 1 N–H and O–H groups in total. The van der Waals surface area contributed by atoms with Gasteiger partial charge in [-0.05, 0) is 12.2 Å². The van der Waals surface area contributed by atoms with E-state index in [9.17, 15) is 0 Å². The van der Waals surface area contributed by atoms with Crippen molar-refractivity contribution in [2.24, 2.45) is 5.10 Å². The average Bonchev–Trinajstić information content (AvgIpc) is 3.04. The van der Waals surface area contributed by atoms with Crippen LogP contribution in [0.5, 0.6) is 0 Å². The SMILES string of the molecule is C[N+]1(C)CC2C[C@H]1CN2[C@@H]1C=CC(c2ccccc2)=NN1.[I-]. The maximum atomic E-state index is 4.58. The Labute approximate surface area is 149 Å². The van der Waals surface area contributed by atoms with Crippen LogP contribution >= 0.6 is 0 Å². The van der Waals surface area contributed by atoms with Gasteiger partial charge < -0.3 is 28.5 Å². The Kier molecular flexibility index (Phi) is 4.31. The first-order valence-corrected chi connectivity index (χ1v) is 7.79. The van der Waals surface area contributed by atoms with Crippen LogP contribution in [0.3, 0.4) is 0 Å². The number of benzene rings is 1. The Hall–Kier alpha value is -0.920. The summed E-state index contributed by atoms with van der Waals surface area (Å²) >= 11 is 0. The summed E-state index contributed by atoms with van der Waals surface area (Å²) in [6.07, 6.45) is 6.00. The lowest BCUT2D eigenvalue weighted by atomic mass is 10.1. The molecule has 0 aliphatic carbocycles. The lowest BCUT2D eigenvalue weighted by Crippen LogP contribution is -3.00. The number of likely N-dealkylation sites (N-methyl/N-ethyl adjacent to an activating group) is 1. The number of likely N-dealkylation sites (tertiary alicyclic amines) is 2. The maximum Gasteiger partial charge on any atom is 0.116 e. The van der Waals surface area contributed by atoms with Crippen LogP contribution in [0.15, 0.2) is 47.6 Å². The number of piperazine rings is 1. The Morgan fingerprint density at radius 1 is 1.23 bits per heavy atom. The van der Waals surface area contributed by atoms with Crippen LogP contribution in [0, 0.1) is 0 Å². The number of hydrazone groups is 1. The number of allylic oxidation sites excluding steroid dienone is 1. The van der Waals surface area contributed by atoms with Crippen molar-refractivity contribution < 1.29 is 28.5 Å². The fourth-order valence-electron chi connectivity index (χ4n) is 3.99. The lowest BCUT2D eigenvalue weighted by molar-refractivity contribution is -0.906. The molecule has 0 spiro atoms. The first-order chi connectivity index (χ1) is 10.1. The Bertz CT molecular complexity index is 596. The molecule has 1 aromatic rings. The standard InChI is InChI=1S/C17H23N4.HI/c1-21(2)12-14-10-15(21)11-20(14)17-9-8-16(18-19-17)13-6-4-3-5-7-13;/h3-9,14-15,17,19H,10-12H2,1-2H3;1H/q+1;/p-1/t14?,15-,17+;/m0./s1. The predicted octanol–water partition coefficient (Wildman–Crippen LogP) is -1.59.